The van der Waals surface area contributed by atoms with Crippen molar-refractivity contribution in [1.82, 2.24) is 14.1 Å². The van der Waals surface area contributed by atoms with Crippen LogP contribution in [-0.4, -0.2) is 117 Å². The zero-order valence-corrected chi connectivity index (χ0v) is 27.9. The summed E-state index contributed by atoms with van der Waals surface area (Å²) in [6.45, 7) is 5.38. The maximum absolute atomic E-state index is 14.2. The number of methoxy groups -OCH3 is 1. The van der Waals surface area contributed by atoms with Crippen LogP contribution in [-0.2, 0) is 25.9 Å². The van der Waals surface area contributed by atoms with Gasteiger partial charge in [-0.15, -0.1) is 0 Å². The van der Waals surface area contributed by atoms with E-state index in [-0.39, 0.29) is 36.9 Å². The van der Waals surface area contributed by atoms with E-state index in [1.165, 1.54) is 28.4 Å². The van der Waals surface area contributed by atoms with Crippen molar-refractivity contribution in [2.45, 2.75) is 68.9 Å². The predicted octanol–water partition coefficient (Wildman–Crippen LogP) is 3.77. The second kappa shape index (κ2) is 15.2. The summed E-state index contributed by atoms with van der Waals surface area (Å²) in [5.74, 6) is 0.360. The average molecular weight is 648 g/mol. The SMILES string of the molecule is COc1ccc(S(=O)(=O)N(C[C@@H](O)[C@H](Cc2ccccc2)N(C(=O)O)[C@H]2CO[C@H]3OCC[C@H]32)CC(C)(C)CCCN(C)C)cc1. The number of carboxylic acid groups (broad SMARTS) is 1. The second-order valence-corrected chi connectivity index (χ2v) is 15.1. The average Bonchev–Trinajstić information content (AvgIpc) is 3.61. The number of fused-ring (bicyclic) bond motifs is 1. The van der Waals surface area contributed by atoms with Crippen LogP contribution in [0.15, 0.2) is 59.5 Å². The molecule has 0 spiro atoms. The fourth-order valence-electron chi connectivity index (χ4n) is 6.44. The van der Waals surface area contributed by atoms with Crippen LogP contribution in [0.2, 0.25) is 0 Å². The van der Waals surface area contributed by atoms with Crippen LogP contribution in [0.4, 0.5) is 4.79 Å². The zero-order valence-electron chi connectivity index (χ0n) is 27.0. The topological polar surface area (TPSA) is 129 Å². The number of benzene rings is 2. The Morgan fingerprint density at radius 2 is 1.78 bits per heavy atom. The van der Waals surface area contributed by atoms with Crippen LogP contribution in [0.3, 0.4) is 0 Å². The van der Waals surface area contributed by atoms with Gasteiger partial charge in [0.2, 0.25) is 10.0 Å². The standard InChI is InChI=1S/C33H49N3O8S/c1-33(2,17-9-18-34(3)4)23-35(45(40,41)26-14-12-25(42-5)13-15-26)21-30(37)28(20-24-10-7-6-8-11-24)36(32(38)39)29-22-44-31-27(29)16-19-43-31/h6-8,10-15,27-31,37H,9,16-23H2,1-5H3,(H,38,39)/t27-,28-,29-,30+,31+/m0/s1. The number of rotatable bonds is 16. The molecule has 0 unspecified atom stereocenters. The number of carbonyl (C=O) groups is 1. The van der Waals surface area contributed by atoms with Crippen LogP contribution in [0.5, 0.6) is 5.75 Å². The van der Waals surface area contributed by atoms with Gasteiger partial charge < -0.3 is 29.3 Å². The molecule has 2 heterocycles. The Hall–Kier alpha value is -2.74. The van der Waals surface area contributed by atoms with Gasteiger partial charge in [0.15, 0.2) is 6.29 Å². The first-order valence-corrected chi connectivity index (χ1v) is 17.0. The molecule has 2 fully saturated rings. The van der Waals surface area contributed by atoms with Gasteiger partial charge in [-0.05, 0) is 81.6 Å². The fraction of sp³-hybridized carbons (Fsp3) is 0.606. The Kier molecular flexibility index (Phi) is 11.9. The van der Waals surface area contributed by atoms with Gasteiger partial charge in [0, 0.05) is 19.0 Å². The summed E-state index contributed by atoms with van der Waals surface area (Å²) in [5, 5.41) is 22.6. The van der Waals surface area contributed by atoms with E-state index in [1.807, 2.05) is 58.3 Å². The minimum atomic E-state index is -4.08. The maximum Gasteiger partial charge on any atom is 0.407 e. The minimum Gasteiger partial charge on any atom is -0.497 e. The van der Waals surface area contributed by atoms with Crippen LogP contribution < -0.4 is 4.74 Å². The molecule has 2 saturated heterocycles. The summed E-state index contributed by atoms with van der Waals surface area (Å²) in [5.41, 5.74) is 0.407. The first-order chi connectivity index (χ1) is 21.3. The fourth-order valence-corrected chi connectivity index (χ4v) is 8.09. The van der Waals surface area contributed by atoms with E-state index in [0.29, 0.717) is 18.8 Å². The number of ether oxygens (including phenoxy) is 3. The van der Waals surface area contributed by atoms with E-state index in [1.54, 1.807) is 12.1 Å². The third-order valence-electron chi connectivity index (χ3n) is 8.83. The third-order valence-corrected chi connectivity index (χ3v) is 10.7. The van der Waals surface area contributed by atoms with Crippen molar-refractivity contribution in [3.05, 3.63) is 60.2 Å². The predicted molar refractivity (Wildman–Crippen MR) is 171 cm³/mol. The van der Waals surface area contributed by atoms with Crippen molar-refractivity contribution in [3.63, 3.8) is 0 Å². The molecule has 4 rings (SSSR count). The van der Waals surface area contributed by atoms with Crippen molar-refractivity contribution in [2.24, 2.45) is 11.3 Å². The highest BCUT2D eigenvalue weighted by Gasteiger charge is 2.49. The molecule has 2 aliphatic rings. The summed E-state index contributed by atoms with van der Waals surface area (Å²) in [4.78, 5) is 16.4. The van der Waals surface area contributed by atoms with Gasteiger partial charge in [0.25, 0.3) is 0 Å². The number of hydrogen-bond acceptors (Lipinski definition) is 8. The third kappa shape index (κ3) is 8.96. The lowest BCUT2D eigenvalue weighted by atomic mass is 9.87. The molecule has 0 saturated carbocycles. The van der Waals surface area contributed by atoms with Crippen LogP contribution in [0.25, 0.3) is 0 Å². The van der Waals surface area contributed by atoms with Gasteiger partial charge >= 0.3 is 6.09 Å². The van der Waals surface area contributed by atoms with Gasteiger partial charge in [0.1, 0.15) is 5.75 Å². The van der Waals surface area contributed by atoms with Crippen molar-refractivity contribution in [2.75, 3.05) is 54.1 Å². The molecule has 2 aliphatic heterocycles. The Bertz CT molecular complexity index is 1340. The molecule has 2 aromatic carbocycles. The minimum absolute atomic E-state index is 0.0735. The van der Waals surface area contributed by atoms with Crippen LogP contribution >= 0.6 is 0 Å². The first-order valence-electron chi connectivity index (χ1n) is 15.6. The van der Waals surface area contributed by atoms with Gasteiger partial charge in [-0.2, -0.15) is 4.31 Å². The number of hydrogen-bond donors (Lipinski definition) is 2. The Morgan fingerprint density at radius 1 is 1.09 bits per heavy atom. The van der Waals surface area contributed by atoms with Gasteiger partial charge in [-0.1, -0.05) is 44.2 Å². The number of nitrogens with zero attached hydrogens (tertiary/aromatic N) is 3. The van der Waals surface area contributed by atoms with Crippen LogP contribution in [0.1, 0.15) is 38.7 Å². The van der Waals surface area contributed by atoms with E-state index in [4.69, 9.17) is 14.2 Å². The monoisotopic (exact) mass is 647 g/mol. The highest BCUT2D eigenvalue weighted by atomic mass is 32.2. The van der Waals surface area contributed by atoms with Crippen molar-refractivity contribution in [1.29, 1.82) is 0 Å². The lowest BCUT2D eigenvalue weighted by Crippen LogP contribution is -2.58. The van der Waals surface area contributed by atoms with Crippen molar-refractivity contribution in [3.8, 4) is 5.75 Å². The summed E-state index contributed by atoms with van der Waals surface area (Å²) in [7, 11) is 1.43. The summed E-state index contributed by atoms with van der Waals surface area (Å²) < 4.78 is 46.5. The summed E-state index contributed by atoms with van der Waals surface area (Å²) >= 11 is 0. The molecule has 0 bridgehead atoms. The van der Waals surface area contributed by atoms with Gasteiger partial charge in [-0.3, -0.25) is 4.90 Å². The van der Waals surface area contributed by atoms with E-state index < -0.39 is 46.0 Å². The van der Waals surface area contributed by atoms with Gasteiger partial charge in [-0.25, -0.2) is 13.2 Å². The molecule has 11 nitrogen and oxygen atoms in total. The number of aliphatic hydroxyl groups is 1. The van der Waals surface area contributed by atoms with Crippen molar-refractivity contribution >= 4 is 16.1 Å². The molecule has 5 atom stereocenters. The normalized spacial score (nSPS) is 21.6. The van der Waals surface area contributed by atoms with Crippen LogP contribution in [0, 0.1) is 11.3 Å². The summed E-state index contributed by atoms with van der Waals surface area (Å²) in [6, 6.07) is 14.1. The maximum atomic E-state index is 14.2. The lowest BCUT2D eigenvalue weighted by molar-refractivity contribution is -0.0906. The molecule has 0 aliphatic carbocycles. The highest BCUT2D eigenvalue weighted by molar-refractivity contribution is 7.89. The molecular weight excluding hydrogens is 598 g/mol. The molecule has 1 amide bonds. The summed E-state index contributed by atoms with van der Waals surface area (Å²) in [6.07, 6.45) is -0.542. The molecule has 12 heteroatoms. The molecule has 250 valence electrons. The Balaban J connectivity index is 1.69. The largest absolute Gasteiger partial charge is 0.497 e. The molecule has 2 aromatic rings. The van der Waals surface area contributed by atoms with Gasteiger partial charge in [0.05, 0.1) is 43.4 Å². The lowest BCUT2D eigenvalue weighted by Gasteiger charge is -2.40. The second-order valence-electron chi connectivity index (χ2n) is 13.2. The molecule has 45 heavy (non-hydrogen) atoms. The molecule has 2 N–H and O–H groups in total. The molecular formula is C33H49N3O8S. The smallest absolute Gasteiger partial charge is 0.407 e. The number of sulfonamides is 1. The van der Waals surface area contributed by atoms with E-state index in [0.717, 1.165) is 24.9 Å². The Morgan fingerprint density at radius 3 is 2.40 bits per heavy atom. The number of amides is 1. The molecule has 0 radical (unpaired) electrons. The highest BCUT2D eigenvalue weighted by Crippen LogP contribution is 2.36. The van der Waals surface area contributed by atoms with E-state index in [9.17, 15) is 23.4 Å². The molecule has 0 aromatic heterocycles. The quantitative estimate of drug-likeness (QED) is 0.280. The van der Waals surface area contributed by atoms with E-state index >= 15 is 0 Å². The number of aliphatic hydroxyl groups excluding tert-OH is 1. The Labute approximate surface area is 267 Å². The van der Waals surface area contributed by atoms with Crippen molar-refractivity contribution < 1.29 is 37.6 Å². The zero-order chi connectivity index (χ0) is 32.8. The first kappa shape index (κ1) is 35.1. The van der Waals surface area contributed by atoms with E-state index in [2.05, 4.69) is 4.90 Å².